The molecule has 1 aromatic carbocycles. The highest BCUT2D eigenvalue weighted by molar-refractivity contribution is 7.71. The van der Waals surface area contributed by atoms with Crippen LogP contribution in [0.15, 0.2) is 24.4 Å². The van der Waals surface area contributed by atoms with Crippen LogP contribution in [0.5, 0.6) is 11.5 Å². The van der Waals surface area contributed by atoms with Crippen molar-refractivity contribution in [2.75, 3.05) is 6.79 Å². The van der Waals surface area contributed by atoms with Crippen LogP contribution in [-0.4, -0.2) is 16.8 Å². The Bertz CT molecular complexity index is 559. The molecule has 0 aliphatic carbocycles. The zero-order valence-corrected chi connectivity index (χ0v) is 8.56. The maximum absolute atomic E-state index is 5.30. The molecule has 1 aromatic heterocycles. The largest absolute Gasteiger partial charge is 0.454 e. The van der Waals surface area contributed by atoms with E-state index in [0.29, 0.717) is 11.6 Å². The first-order valence-corrected chi connectivity index (χ1v) is 4.91. The fourth-order valence-electron chi connectivity index (χ4n) is 1.55. The topological polar surface area (TPSA) is 50.0 Å². The minimum Gasteiger partial charge on any atom is -0.454 e. The van der Waals surface area contributed by atoms with Gasteiger partial charge in [-0.05, 0) is 30.4 Å². The van der Waals surface area contributed by atoms with Gasteiger partial charge in [-0.3, -0.25) is 0 Å². The maximum Gasteiger partial charge on any atom is 0.231 e. The van der Waals surface area contributed by atoms with Crippen LogP contribution in [-0.2, 0) is 0 Å². The normalized spacial score (nSPS) is 13.1. The Morgan fingerprint density at radius 2 is 2.07 bits per heavy atom. The van der Waals surface area contributed by atoms with Crippen molar-refractivity contribution < 1.29 is 9.47 Å². The van der Waals surface area contributed by atoms with Gasteiger partial charge in [-0.15, -0.1) is 0 Å². The SMILES string of the molecule is S=c1[nH]cc(-c2ccc3c(c2)OCO3)[nH]1. The summed E-state index contributed by atoms with van der Waals surface area (Å²) in [5.41, 5.74) is 1.96. The first kappa shape index (κ1) is 8.55. The second-order valence-electron chi connectivity index (χ2n) is 3.22. The summed E-state index contributed by atoms with van der Waals surface area (Å²) in [5.74, 6) is 1.56. The van der Waals surface area contributed by atoms with Crippen LogP contribution in [0.1, 0.15) is 0 Å². The van der Waals surface area contributed by atoms with Gasteiger partial charge in [0.1, 0.15) is 0 Å². The van der Waals surface area contributed by atoms with Gasteiger partial charge >= 0.3 is 0 Å². The van der Waals surface area contributed by atoms with Crippen LogP contribution >= 0.6 is 12.2 Å². The molecule has 0 saturated heterocycles. The van der Waals surface area contributed by atoms with Gasteiger partial charge in [0.05, 0.1) is 5.69 Å². The van der Waals surface area contributed by atoms with E-state index in [4.69, 9.17) is 21.7 Å². The van der Waals surface area contributed by atoms with E-state index in [2.05, 4.69) is 9.97 Å². The van der Waals surface area contributed by atoms with Crippen molar-refractivity contribution in [1.29, 1.82) is 0 Å². The van der Waals surface area contributed by atoms with Gasteiger partial charge < -0.3 is 19.4 Å². The predicted molar refractivity (Wildman–Crippen MR) is 57.5 cm³/mol. The predicted octanol–water partition coefficient (Wildman–Crippen LogP) is 2.47. The van der Waals surface area contributed by atoms with Crippen molar-refractivity contribution in [3.63, 3.8) is 0 Å². The lowest BCUT2D eigenvalue weighted by atomic mass is 10.1. The molecule has 0 spiro atoms. The van der Waals surface area contributed by atoms with E-state index in [0.717, 1.165) is 22.8 Å². The molecule has 1 aliphatic heterocycles. The molecule has 1 aliphatic rings. The number of aromatic amines is 2. The molecule has 0 fully saturated rings. The Kier molecular flexibility index (Phi) is 1.78. The third-order valence-electron chi connectivity index (χ3n) is 2.28. The number of hydrogen-bond donors (Lipinski definition) is 2. The first-order valence-electron chi connectivity index (χ1n) is 4.51. The van der Waals surface area contributed by atoms with Crippen molar-refractivity contribution in [2.24, 2.45) is 0 Å². The van der Waals surface area contributed by atoms with Gasteiger partial charge in [0.2, 0.25) is 6.79 Å². The summed E-state index contributed by atoms with van der Waals surface area (Å²) in [6, 6.07) is 5.78. The van der Waals surface area contributed by atoms with Crippen molar-refractivity contribution in [1.82, 2.24) is 9.97 Å². The highest BCUT2D eigenvalue weighted by atomic mass is 32.1. The molecule has 2 N–H and O–H groups in total. The average molecular weight is 220 g/mol. The molecule has 4 nitrogen and oxygen atoms in total. The Morgan fingerprint density at radius 3 is 2.87 bits per heavy atom. The first-order chi connectivity index (χ1) is 7.33. The number of imidazole rings is 1. The van der Waals surface area contributed by atoms with E-state index >= 15 is 0 Å². The van der Waals surface area contributed by atoms with Crippen LogP contribution in [0.2, 0.25) is 0 Å². The monoisotopic (exact) mass is 220 g/mol. The van der Waals surface area contributed by atoms with Crippen molar-refractivity contribution in [2.45, 2.75) is 0 Å². The molecule has 0 radical (unpaired) electrons. The summed E-state index contributed by atoms with van der Waals surface area (Å²) in [5, 5.41) is 0. The third-order valence-corrected chi connectivity index (χ3v) is 2.50. The van der Waals surface area contributed by atoms with Gasteiger partial charge in [-0.2, -0.15) is 0 Å². The van der Waals surface area contributed by atoms with E-state index in [1.807, 2.05) is 24.4 Å². The summed E-state index contributed by atoms with van der Waals surface area (Å²) in [7, 11) is 0. The Labute approximate surface area is 90.9 Å². The van der Waals surface area contributed by atoms with E-state index in [1.54, 1.807) is 0 Å². The number of ether oxygens (including phenoxy) is 2. The second-order valence-corrected chi connectivity index (χ2v) is 3.63. The maximum atomic E-state index is 5.30. The number of rotatable bonds is 1. The number of fused-ring (bicyclic) bond motifs is 1. The summed E-state index contributed by atoms with van der Waals surface area (Å²) >= 11 is 4.97. The lowest BCUT2D eigenvalue weighted by molar-refractivity contribution is 0.174. The van der Waals surface area contributed by atoms with Gasteiger partial charge in [0.25, 0.3) is 0 Å². The Balaban J connectivity index is 2.10. The third kappa shape index (κ3) is 1.41. The molecular weight excluding hydrogens is 212 g/mol. The fraction of sp³-hybridized carbons (Fsp3) is 0.100. The molecule has 0 amide bonds. The molecule has 2 heterocycles. The van der Waals surface area contributed by atoms with E-state index in [1.165, 1.54) is 0 Å². The zero-order chi connectivity index (χ0) is 10.3. The lowest BCUT2D eigenvalue weighted by Gasteiger charge is -1.99. The average Bonchev–Trinajstić information content (AvgIpc) is 2.84. The minimum atomic E-state index is 0.294. The highest BCUT2D eigenvalue weighted by Crippen LogP contribution is 2.35. The van der Waals surface area contributed by atoms with Crippen molar-refractivity contribution in [3.8, 4) is 22.8 Å². The van der Waals surface area contributed by atoms with Gasteiger partial charge in [0.15, 0.2) is 16.3 Å². The fourth-order valence-corrected chi connectivity index (χ4v) is 1.72. The van der Waals surface area contributed by atoms with Gasteiger partial charge in [-0.25, -0.2) is 0 Å². The van der Waals surface area contributed by atoms with E-state index < -0.39 is 0 Å². The highest BCUT2D eigenvalue weighted by Gasteiger charge is 2.13. The van der Waals surface area contributed by atoms with E-state index in [9.17, 15) is 0 Å². The summed E-state index contributed by atoms with van der Waals surface area (Å²) < 4.78 is 11.1. The van der Waals surface area contributed by atoms with Gasteiger partial charge in [-0.1, -0.05) is 0 Å². The lowest BCUT2D eigenvalue weighted by Crippen LogP contribution is -1.92. The summed E-state index contributed by atoms with van der Waals surface area (Å²) in [4.78, 5) is 5.97. The van der Waals surface area contributed by atoms with Crippen LogP contribution in [0.4, 0.5) is 0 Å². The Hall–Kier alpha value is -1.75. The summed E-state index contributed by atoms with van der Waals surface area (Å²) in [6.07, 6.45) is 1.83. The molecule has 0 unspecified atom stereocenters. The van der Waals surface area contributed by atoms with Gasteiger partial charge in [0, 0.05) is 11.8 Å². The number of benzene rings is 1. The van der Waals surface area contributed by atoms with Crippen LogP contribution in [0.3, 0.4) is 0 Å². The van der Waals surface area contributed by atoms with Crippen LogP contribution in [0, 0.1) is 4.77 Å². The molecule has 76 valence electrons. The van der Waals surface area contributed by atoms with Crippen LogP contribution < -0.4 is 9.47 Å². The number of hydrogen-bond acceptors (Lipinski definition) is 3. The van der Waals surface area contributed by atoms with Crippen molar-refractivity contribution in [3.05, 3.63) is 29.2 Å². The molecule has 3 rings (SSSR count). The smallest absolute Gasteiger partial charge is 0.231 e. The molecule has 0 bridgehead atoms. The number of nitrogens with one attached hydrogen (secondary N) is 2. The molecule has 5 heteroatoms. The molecule has 15 heavy (non-hydrogen) atoms. The number of aromatic nitrogens is 2. The number of H-pyrrole nitrogens is 2. The molecule has 0 atom stereocenters. The van der Waals surface area contributed by atoms with Crippen molar-refractivity contribution >= 4 is 12.2 Å². The Morgan fingerprint density at radius 1 is 1.20 bits per heavy atom. The zero-order valence-electron chi connectivity index (χ0n) is 7.74. The van der Waals surface area contributed by atoms with Crippen LogP contribution in [0.25, 0.3) is 11.3 Å². The van der Waals surface area contributed by atoms with E-state index in [-0.39, 0.29) is 0 Å². The second kappa shape index (κ2) is 3.13. The molecule has 0 saturated carbocycles. The quantitative estimate of drug-likeness (QED) is 0.726. The minimum absolute atomic E-state index is 0.294. The molecular formula is C10H8N2O2S. The summed E-state index contributed by atoms with van der Waals surface area (Å²) in [6.45, 7) is 0.294. The standard InChI is InChI=1S/C10H8N2O2S/c15-10-11-4-7(12-10)6-1-2-8-9(3-6)14-5-13-8/h1-4H,5H2,(H2,11,12,15). The molecule has 2 aromatic rings.